The Balaban J connectivity index is 2.33. The molecule has 1 aromatic heterocycles. The van der Waals surface area contributed by atoms with Gasteiger partial charge >= 0.3 is 0 Å². The molecule has 0 aliphatic rings. The van der Waals surface area contributed by atoms with E-state index in [1.165, 1.54) is 0 Å². The first-order valence-corrected chi connectivity index (χ1v) is 4.39. The zero-order valence-corrected chi connectivity index (χ0v) is 7.83. The van der Waals surface area contributed by atoms with Gasteiger partial charge in [-0.15, -0.1) is 0 Å². The van der Waals surface area contributed by atoms with Gasteiger partial charge in [0.25, 0.3) is 0 Å². The van der Waals surface area contributed by atoms with Gasteiger partial charge in [-0.3, -0.25) is 0 Å². The normalized spacial score (nSPS) is 12.5. The zero-order valence-electron chi connectivity index (χ0n) is 7.83. The molecule has 1 aromatic rings. The van der Waals surface area contributed by atoms with Crippen LogP contribution in [0.4, 0.5) is 11.5 Å². The third-order valence-corrected chi connectivity index (χ3v) is 1.72. The Morgan fingerprint density at radius 1 is 1.54 bits per heavy atom. The molecule has 1 unspecified atom stereocenters. The fourth-order valence-electron chi connectivity index (χ4n) is 0.954. The second-order valence-corrected chi connectivity index (χ2v) is 3.16. The molecule has 4 nitrogen and oxygen atoms in total. The van der Waals surface area contributed by atoms with E-state index in [0.717, 1.165) is 18.7 Å². The van der Waals surface area contributed by atoms with Crippen LogP contribution < -0.4 is 16.8 Å². The van der Waals surface area contributed by atoms with Crippen LogP contribution in [0.1, 0.15) is 13.3 Å². The van der Waals surface area contributed by atoms with Crippen LogP contribution in [0.15, 0.2) is 18.3 Å². The molecular weight excluding hydrogens is 164 g/mol. The number of nitrogens with zero attached hydrogens (tertiary/aromatic N) is 1. The van der Waals surface area contributed by atoms with Crippen LogP contribution in [-0.4, -0.2) is 17.6 Å². The molecule has 0 aliphatic heterocycles. The van der Waals surface area contributed by atoms with Crippen molar-refractivity contribution in [2.75, 3.05) is 17.6 Å². The van der Waals surface area contributed by atoms with Crippen LogP contribution in [0, 0.1) is 0 Å². The third-order valence-electron chi connectivity index (χ3n) is 1.72. The highest BCUT2D eigenvalue weighted by Gasteiger charge is 1.94. The number of hydrogen-bond acceptors (Lipinski definition) is 4. The SMILES string of the molecule is CC(N)CCNc1ccc(N)nc1. The molecule has 0 radical (unpaired) electrons. The molecule has 0 aliphatic carbocycles. The predicted molar refractivity (Wildman–Crippen MR) is 55.4 cm³/mol. The summed E-state index contributed by atoms with van der Waals surface area (Å²) in [6.45, 7) is 2.85. The van der Waals surface area contributed by atoms with Crippen LogP contribution in [0.2, 0.25) is 0 Å². The van der Waals surface area contributed by atoms with Crippen molar-refractivity contribution in [3.63, 3.8) is 0 Å². The van der Waals surface area contributed by atoms with Gasteiger partial charge in [-0.1, -0.05) is 0 Å². The van der Waals surface area contributed by atoms with Gasteiger partial charge < -0.3 is 16.8 Å². The Hall–Kier alpha value is -1.29. The lowest BCUT2D eigenvalue weighted by Crippen LogP contribution is -2.19. The summed E-state index contributed by atoms with van der Waals surface area (Å²) in [6.07, 6.45) is 2.67. The standard InChI is InChI=1S/C9H16N4/c1-7(10)4-5-12-8-2-3-9(11)13-6-8/h2-3,6-7,12H,4-5,10H2,1H3,(H2,11,13). The minimum Gasteiger partial charge on any atom is -0.384 e. The van der Waals surface area contributed by atoms with Crippen molar-refractivity contribution in [3.8, 4) is 0 Å². The van der Waals surface area contributed by atoms with Gasteiger partial charge in [0.05, 0.1) is 11.9 Å². The molecular formula is C9H16N4. The molecule has 0 spiro atoms. The second kappa shape index (κ2) is 4.67. The lowest BCUT2D eigenvalue weighted by Gasteiger charge is -2.07. The predicted octanol–water partition coefficient (Wildman–Crippen LogP) is 0.813. The van der Waals surface area contributed by atoms with Crippen LogP contribution >= 0.6 is 0 Å². The number of anilines is 2. The Bertz CT molecular complexity index is 242. The quantitative estimate of drug-likeness (QED) is 0.641. The fraction of sp³-hybridized carbons (Fsp3) is 0.444. The van der Waals surface area contributed by atoms with E-state index in [1.54, 1.807) is 12.3 Å². The summed E-state index contributed by atoms with van der Waals surface area (Å²) in [5, 5.41) is 3.21. The molecule has 0 bridgehead atoms. The molecule has 1 atom stereocenters. The van der Waals surface area contributed by atoms with Gasteiger partial charge in [0, 0.05) is 12.6 Å². The average Bonchev–Trinajstić information content (AvgIpc) is 2.08. The number of pyridine rings is 1. The number of nitrogens with one attached hydrogen (secondary N) is 1. The van der Waals surface area contributed by atoms with Gasteiger partial charge in [-0.25, -0.2) is 4.98 Å². The molecule has 1 rings (SSSR count). The average molecular weight is 180 g/mol. The van der Waals surface area contributed by atoms with E-state index in [0.29, 0.717) is 5.82 Å². The highest BCUT2D eigenvalue weighted by Crippen LogP contribution is 2.06. The van der Waals surface area contributed by atoms with Crippen LogP contribution in [0.5, 0.6) is 0 Å². The van der Waals surface area contributed by atoms with E-state index in [-0.39, 0.29) is 6.04 Å². The molecule has 5 N–H and O–H groups in total. The first kappa shape index (κ1) is 9.80. The summed E-state index contributed by atoms with van der Waals surface area (Å²) in [7, 11) is 0. The van der Waals surface area contributed by atoms with Gasteiger partial charge in [0.2, 0.25) is 0 Å². The lowest BCUT2D eigenvalue weighted by molar-refractivity contribution is 0.690. The first-order chi connectivity index (χ1) is 6.18. The first-order valence-electron chi connectivity index (χ1n) is 4.39. The number of rotatable bonds is 4. The molecule has 72 valence electrons. The summed E-state index contributed by atoms with van der Waals surface area (Å²) < 4.78 is 0. The maximum atomic E-state index is 5.61. The van der Waals surface area contributed by atoms with E-state index in [2.05, 4.69) is 10.3 Å². The maximum Gasteiger partial charge on any atom is 0.123 e. The van der Waals surface area contributed by atoms with Crippen molar-refractivity contribution in [3.05, 3.63) is 18.3 Å². The second-order valence-electron chi connectivity index (χ2n) is 3.16. The topological polar surface area (TPSA) is 77.0 Å². The Morgan fingerprint density at radius 3 is 2.85 bits per heavy atom. The summed E-state index contributed by atoms with van der Waals surface area (Å²) in [5.74, 6) is 0.540. The minimum absolute atomic E-state index is 0.231. The molecule has 0 saturated carbocycles. The summed E-state index contributed by atoms with van der Waals surface area (Å²) in [5.41, 5.74) is 12.0. The summed E-state index contributed by atoms with van der Waals surface area (Å²) in [4.78, 5) is 3.96. The molecule has 4 heteroatoms. The van der Waals surface area contributed by atoms with Crippen molar-refractivity contribution < 1.29 is 0 Å². The number of nitrogen functional groups attached to an aromatic ring is 1. The highest BCUT2D eigenvalue weighted by atomic mass is 14.9. The van der Waals surface area contributed by atoms with Crippen molar-refractivity contribution >= 4 is 11.5 Å². The van der Waals surface area contributed by atoms with Crippen LogP contribution in [0.3, 0.4) is 0 Å². The molecule has 0 saturated heterocycles. The van der Waals surface area contributed by atoms with Gasteiger partial charge in [-0.05, 0) is 25.5 Å². The van der Waals surface area contributed by atoms with E-state index in [9.17, 15) is 0 Å². The minimum atomic E-state index is 0.231. The largest absolute Gasteiger partial charge is 0.384 e. The summed E-state index contributed by atoms with van der Waals surface area (Å²) in [6, 6.07) is 3.91. The van der Waals surface area contributed by atoms with Crippen molar-refractivity contribution in [1.82, 2.24) is 4.98 Å². The molecule has 0 aromatic carbocycles. The maximum absolute atomic E-state index is 5.61. The van der Waals surface area contributed by atoms with Crippen molar-refractivity contribution in [2.45, 2.75) is 19.4 Å². The number of nitrogens with two attached hydrogens (primary N) is 2. The van der Waals surface area contributed by atoms with Crippen LogP contribution in [0.25, 0.3) is 0 Å². The molecule has 13 heavy (non-hydrogen) atoms. The monoisotopic (exact) mass is 180 g/mol. The van der Waals surface area contributed by atoms with E-state index in [1.807, 2.05) is 13.0 Å². The Labute approximate surface area is 78.3 Å². The number of hydrogen-bond donors (Lipinski definition) is 3. The fourth-order valence-corrected chi connectivity index (χ4v) is 0.954. The van der Waals surface area contributed by atoms with Gasteiger partial charge in [0.1, 0.15) is 5.82 Å². The lowest BCUT2D eigenvalue weighted by atomic mass is 10.2. The smallest absolute Gasteiger partial charge is 0.123 e. The van der Waals surface area contributed by atoms with Crippen LogP contribution in [-0.2, 0) is 0 Å². The summed E-state index contributed by atoms with van der Waals surface area (Å²) >= 11 is 0. The Morgan fingerprint density at radius 2 is 2.31 bits per heavy atom. The van der Waals surface area contributed by atoms with E-state index >= 15 is 0 Å². The zero-order chi connectivity index (χ0) is 9.68. The van der Waals surface area contributed by atoms with Gasteiger partial charge in [-0.2, -0.15) is 0 Å². The van der Waals surface area contributed by atoms with E-state index < -0.39 is 0 Å². The highest BCUT2D eigenvalue weighted by molar-refractivity contribution is 5.45. The molecule has 1 heterocycles. The molecule has 0 amide bonds. The third kappa shape index (κ3) is 3.75. The van der Waals surface area contributed by atoms with Crippen molar-refractivity contribution in [1.29, 1.82) is 0 Å². The number of aromatic nitrogens is 1. The molecule has 0 fully saturated rings. The van der Waals surface area contributed by atoms with Crippen molar-refractivity contribution in [2.24, 2.45) is 5.73 Å². The van der Waals surface area contributed by atoms with Gasteiger partial charge in [0.15, 0.2) is 0 Å². The Kier molecular flexibility index (Phi) is 3.52. The van der Waals surface area contributed by atoms with E-state index in [4.69, 9.17) is 11.5 Å².